The molecule has 0 radical (unpaired) electrons. The predicted octanol–water partition coefficient (Wildman–Crippen LogP) is 5.23. The van der Waals surface area contributed by atoms with Gasteiger partial charge in [0.1, 0.15) is 12.4 Å². The molecule has 0 saturated carbocycles. The highest BCUT2D eigenvalue weighted by Gasteiger charge is 2.20. The van der Waals surface area contributed by atoms with E-state index in [1.165, 1.54) is 6.07 Å². The Morgan fingerprint density at radius 1 is 0.969 bits per heavy atom. The quantitative estimate of drug-likeness (QED) is 0.460. The molecule has 0 heterocycles. The van der Waals surface area contributed by atoms with Gasteiger partial charge in [-0.3, -0.25) is 9.52 Å². The monoisotopic (exact) mass is 450 g/mol. The average molecular weight is 451 g/mol. The van der Waals surface area contributed by atoms with E-state index in [0.29, 0.717) is 29.3 Å². The Bertz CT molecular complexity index is 1250. The molecular weight excluding hydrogens is 424 g/mol. The maximum absolute atomic E-state index is 13.1. The van der Waals surface area contributed by atoms with Crippen LogP contribution in [-0.4, -0.2) is 20.9 Å². The summed E-state index contributed by atoms with van der Waals surface area (Å²) in [6.45, 7) is 9.45. The summed E-state index contributed by atoms with van der Waals surface area (Å²) >= 11 is 0. The Morgan fingerprint density at radius 2 is 1.69 bits per heavy atom. The lowest BCUT2D eigenvalue weighted by atomic mass is 10.1. The molecule has 0 spiro atoms. The van der Waals surface area contributed by atoms with Gasteiger partial charge in [-0.25, -0.2) is 8.42 Å². The minimum Gasteiger partial charge on any atom is -0.489 e. The molecule has 0 unspecified atom stereocenters. The first-order valence-corrected chi connectivity index (χ1v) is 11.5. The highest BCUT2D eigenvalue weighted by atomic mass is 32.2. The summed E-state index contributed by atoms with van der Waals surface area (Å²) in [6.07, 6.45) is 1.63. The molecule has 0 saturated heterocycles. The molecule has 0 aliphatic carbocycles. The molecule has 0 aliphatic heterocycles. The maximum atomic E-state index is 13.1. The summed E-state index contributed by atoms with van der Waals surface area (Å²) in [4.78, 5) is 12.8. The molecule has 3 aromatic rings. The van der Waals surface area contributed by atoms with Crippen molar-refractivity contribution < 1.29 is 17.9 Å². The van der Waals surface area contributed by atoms with Gasteiger partial charge in [0.25, 0.3) is 15.9 Å². The van der Waals surface area contributed by atoms with E-state index in [0.717, 1.165) is 11.1 Å². The van der Waals surface area contributed by atoms with Gasteiger partial charge in [0.05, 0.1) is 4.90 Å². The van der Waals surface area contributed by atoms with Crippen molar-refractivity contribution in [2.45, 2.75) is 25.7 Å². The number of rotatable bonds is 8. The number of carbonyl (C=O) groups is 1. The van der Waals surface area contributed by atoms with Crippen molar-refractivity contribution in [1.29, 1.82) is 0 Å². The molecule has 0 atom stereocenters. The summed E-state index contributed by atoms with van der Waals surface area (Å²) in [5.74, 6) is 0.168. The molecule has 32 heavy (non-hydrogen) atoms. The summed E-state index contributed by atoms with van der Waals surface area (Å²) in [6, 6.07) is 17.0. The molecule has 3 aromatic carbocycles. The van der Waals surface area contributed by atoms with Crippen molar-refractivity contribution in [1.82, 2.24) is 0 Å². The van der Waals surface area contributed by atoms with E-state index in [-0.39, 0.29) is 10.5 Å². The van der Waals surface area contributed by atoms with Gasteiger partial charge in [0.15, 0.2) is 0 Å². The van der Waals surface area contributed by atoms with Crippen molar-refractivity contribution >= 4 is 27.3 Å². The molecule has 7 heteroatoms. The first-order valence-electron chi connectivity index (χ1n) is 10.0. The van der Waals surface area contributed by atoms with Crippen LogP contribution >= 0.6 is 0 Å². The summed E-state index contributed by atoms with van der Waals surface area (Å²) in [5.41, 5.74) is 3.69. The Hall–Kier alpha value is -3.58. The lowest BCUT2D eigenvalue weighted by Gasteiger charge is -2.13. The molecule has 0 bridgehead atoms. The Labute approximate surface area is 189 Å². The van der Waals surface area contributed by atoms with Crippen LogP contribution in [0.1, 0.15) is 27.0 Å². The molecule has 6 nitrogen and oxygen atoms in total. The van der Waals surface area contributed by atoms with Crippen molar-refractivity contribution in [2.75, 3.05) is 16.6 Å². The summed E-state index contributed by atoms with van der Waals surface area (Å²) in [5, 5.41) is 2.78. The van der Waals surface area contributed by atoms with Crippen LogP contribution < -0.4 is 14.8 Å². The highest BCUT2D eigenvalue weighted by molar-refractivity contribution is 7.92. The first-order chi connectivity index (χ1) is 15.2. The lowest BCUT2D eigenvalue weighted by Crippen LogP contribution is -2.17. The zero-order valence-corrected chi connectivity index (χ0v) is 19.1. The van der Waals surface area contributed by atoms with Gasteiger partial charge in [-0.05, 0) is 73.9 Å². The summed E-state index contributed by atoms with van der Waals surface area (Å²) in [7, 11) is -3.88. The average Bonchev–Trinajstić information content (AvgIpc) is 2.71. The van der Waals surface area contributed by atoms with Gasteiger partial charge in [-0.2, -0.15) is 0 Å². The Kier molecular flexibility index (Phi) is 7.00. The number of ether oxygens (including phenoxy) is 1. The fourth-order valence-electron chi connectivity index (χ4n) is 3.30. The van der Waals surface area contributed by atoms with Crippen LogP contribution in [0.4, 0.5) is 11.4 Å². The van der Waals surface area contributed by atoms with Gasteiger partial charge in [0, 0.05) is 23.0 Å². The van der Waals surface area contributed by atoms with E-state index < -0.39 is 15.9 Å². The zero-order chi connectivity index (χ0) is 23.3. The molecule has 1 amide bonds. The van der Waals surface area contributed by atoms with Crippen molar-refractivity contribution in [3.05, 3.63) is 95.6 Å². The first kappa shape index (κ1) is 23.1. The van der Waals surface area contributed by atoms with Crippen LogP contribution in [0.3, 0.4) is 0 Å². The molecule has 0 fully saturated rings. The fourth-order valence-corrected chi connectivity index (χ4v) is 4.61. The standard InChI is InChI=1S/C25H26N2O4S/c1-5-11-31-23-8-6-7-21(16-23)26-25(28)20-10-9-19(4)24(15-20)32(29,30)27-22-13-17(2)12-18(3)14-22/h5-10,12-16,27H,1,11H2,2-4H3,(H,26,28). The fraction of sp³-hybridized carbons (Fsp3) is 0.160. The van der Waals surface area contributed by atoms with E-state index in [4.69, 9.17) is 4.74 Å². The Balaban J connectivity index is 1.84. The maximum Gasteiger partial charge on any atom is 0.262 e. The molecule has 2 N–H and O–H groups in total. The van der Waals surface area contributed by atoms with Crippen LogP contribution in [0.15, 0.2) is 78.2 Å². The van der Waals surface area contributed by atoms with Crippen LogP contribution in [-0.2, 0) is 10.0 Å². The minimum absolute atomic E-state index is 0.0485. The van der Waals surface area contributed by atoms with E-state index in [9.17, 15) is 13.2 Å². The van der Waals surface area contributed by atoms with Gasteiger partial charge < -0.3 is 10.1 Å². The van der Waals surface area contributed by atoms with E-state index in [1.807, 2.05) is 19.9 Å². The third kappa shape index (κ3) is 5.76. The van der Waals surface area contributed by atoms with Crippen molar-refractivity contribution in [2.24, 2.45) is 0 Å². The van der Waals surface area contributed by atoms with Crippen molar-refractivity contribution in [3.63, 3.8) is 0 Å². The molecule has 0 aromatic heterocycles. The third-order valence-electron chi connectivity index (χ3n) is 4.67. The van der Waals surface area contributed by atoms with Crippen LogP contribution in [0.2, 0.25) is 0 Å². The molecule has 0 aliphatic rings. The van der Waals surface area contributed by atoms with Gasteiger partial charge in [-0.1, -0.05) is 30.9 Å². The highest BCUT2D eigenvalue weighted by Crippen LogP contribution is 2.24. The number of amides is 1. The lowest BCUT2D eigenvalue weighted by molar-refractivity contribution is 0.102. The Morgan fingerprint density at radius 3 is 2.38 bits per heavy atom. The third-order valence-corrected chi connectivity index (χ3v) is 6.20. The second-order valence-electron chi connectivity index (χ2n) is 7.54. The van der Waals surface area contributed by atoms with Gasteiger partial charge >= 0.3 is 0 Å². The molecule has 3 rings (SSSR count). The molecular formula is C25H26N2O4S. The largest absolute Gasteiger partial charge is 0.489 e. The number of carbonyl (C=O) groups excluding carboxylic acids is 1. The van der Waals surface area contributed by atoms with Crippen LogP contribution in [0, 0.1) is 20.8 Å². The number of nitrogens with one attached hydrogen (secondary N) is 2. The zero-order valence-electron chi connectivity index (χ0n) is 18.3. The number of benzene rings is 3. The second kappa shape index (κ2) is 9.70. The normalized spacial score (nSPS) is 11.0. The van der Waals surface area contributed by atoms with Gasteiger partial charge in [-0.15, -0.1) is 0 Å². The van der Waals surface area contributed by atoms with Crippen LogP contribution in [0.25, 0.3) is 0 Å². The number of hydrogen-bond donors (Lipinski definition) is 2. The SMILES string of the molecule is C=CCOc1cccc(NC(=O)c2ccc(C)c(S(=O)(=O)Nc3cc(C)cc(C)c3)c2)c1. The van der Waals surface area contributed by atoms with E-state index in [1.54, 1.807) is 61.5 Å². The second-order valence-corrected chi connectivity index (χ2v) is 9.19. The van der Waals surface area contributed by atoms with Crippen LogP contribution in [0.5, 0.6) is 5.75 Å². The number of aryl methyl sites for hydroxylation is 3. The number of hydrogen-bond acceptors (Lipinski definition) is 4. The predicted molar refractivity (Wildman–Crippen MR) is 128 cm³/mol. The number of anilines is 2. The van der Waals surface area contributed by atoms with Gasteiger partial charge in [0.2, 0.25) is 0 Å². The smallest absolute Gasteiger partial charge is 0.262 e. The summed E-state index contributed by atoms with van der Waals surface area (Å²) < 4.78 is 34.2. The number of sulfonamides is 1. The van der Waals surface area contributed by atoms with E-state index in [2.05, 4.69) is 16.6 Å². The van der Waals surface area contributed by atoms with E-state index >= 15 is 0 Å². The topological polar surface area (TPSA) is 84.5 Å². The minimum atomic E-state index is -3.88. The molecule has 166 valence electrons. The van der Waals surface area contributed by atoms with Crippen molar-refractivity contribution in [3.8, 4) is 5.75 Å².